The highest BCUT2D eigenvalue weighted by Gasteiger charge is 2.07. The van der Waals surface area contributed by atoms with Crippen molar-refractivity contribution in [3.63, 3.8) is 0 Å². The third kappa shape index (κ3) is 3.61. The summed E-state index contributed by atoms with van der Waals surface area (Å²) in [5.74, 6) is -0.0110. The van der Waals surface area contributed by atoms with E-state index < -0.39 is 0 Å². The SMILES string of the molecule is Cc1csc(CNC(=O)Cc2csc(C)n2)n1. The summed E-state index contributed by atoms with van der Waals surface area (Å²) in [7, 11) is 0. The average molecular weight is 267 g/mol. The van der Waals surface area contributed by atoms with Gasteiger partial charge in [-0.25, -0.2) is 9.97 Å². The maximum atomic E-state index is 11.6. The Morgan fingerprint density at radius 2 is 2.12 bits per heavy atom. The highest BCUT2D eigenvalue weighted by molar-refractivity contribution is 7.09. The lowest BCUT2D eigenvalue weighted by Gasteiger charge is -2.00. The third-order valence-electron chi connectivity index (χ3n) is 2.11. The Hall–Kier alpha value is -1.27. The van der Waals surface area contributed by atoms with Crippen LogP contribution in [0.2, 0.25) is 0 Å². The van der Waals surface area contributed by atoms with E-state index in [4.69, 9.17) is 0 Å². The normalized spacial score (nSPS) is 10.5. The van der Waals surface area contributed by atoms with Gasteiger partial charge in [-0.05, 0) is 13.8 Å². The molecular formula is C11H13N3OS2. The summed E-state index contributed by atoms with van der Waals surface area (Å²) in [6.45, 7) is 4.38. The smallest absolute Gasteiger partial charge is 0.226 e. The zero-order chi connectivity index (χ0) is 12.3. The maximum absolute atomic E-state index is 11.6. The number of carbonyl (C=O) groups is 1. The van der Waals surface area contributed by atoms with Gasteiger partial charge in [0.25, 0.3) is 0 Å². The van der Waals surface area contributed by atoms with Crippen LogP contribution in [-0.4, -0.2) is 15.9 Å². The summed E-state index contributed by atoms with van der Waals surface area (Å²) in [4.78, 5) is 20.2. The number of thiazole rings is 2. The monoisotopic (exact) mass is 267 g/mol. The summed E-state index contributed by atoms with van der Waals surface area (Å²) >= 11 is 3.13. The summed E-state index contributed by atoms with van der Waals surface area (Å²) in [6, 6.07) is 0. The number of aromatic nitrogens is 2. The molecule has 17 heavy (non-hydrogen) atoms. The van der Waals surface area contributed by atoms with E-state index in [1.54, 1.807) is 22.7 Å². The van der Waals surface area contributed by atoms with Crippen molar-refractivity contribution in [1.82, 2.24) is 15.3 Å². The van der Waals surface area contributed by atoms with Crippen molar-refractivity contribution < 1.29 is 4.79 Å². The van der Waals surface area contributed by atoms with Crippen molar-refractivity contribution in [2.45, 2.75) is 26.8 Å². The van der Waals surface area contributed by atoms with Gasteiger partial charge in [0.05, 0.1) is 23.7 Å². The van der Waals surface area contributed by atoms with Gasteiger partial charge in [0, 0.05) is 16.5 Å². The molecule has 6 heteroatoms. The van der Waals surface area contributed by atoms with Crippen LogP contribution in [-0.2, 0) is 17.8 Å². The Balaban J connectivity index is 1.82. The molecule has 0 atom stereocenters. The minimum absolute atomic E-state index is 0.0110. The zero-order valence-electron chi connectivity index (χ0n) is 9.69. The average Bonchev–Trinajstić information content (AvgIpc) is 2.85. The lowest BCUT2D eigenvalue weighted by atomic mass is 10.3. The molecule has 1 N–H and O–H groups in total. The number of hydrogen-bond donors (Lipinski definition) is 1. The summed E-state index contributed by atoms with van der Waals surface area (Å²) in [5, 5.41) is 8.66. The second kappa shape index (κ2) is 5.37. The van der Waals surface area contributed by atoms with E-state index in [1.165, 1.54) is 0 Å². The van der Waals surface area contributed by atoms with Gasteiger partial charge in [-0.15, -0.1) is 22.7 Å². The lowest BCUT2D eigenvalue weighted by molar-refractivity contribution is -0.120. The standard InChI is InChI=1S/C11H13N3OS2/c1-7-5-17-11(13-7)4-12-10(15)3-9-6-16-8(2)14-9/h5-6H,3-4H2,1-2H3,(H,12,15). The fraction of sp³-hybridized carbons (Fsp3) is 0.364. The molecule has 0 saturated carbocycles. The van der Waals surface area contributed by atoms with Crippen molar-refractivity contribution in [1.29, 1.82) is 0 Å². The molecule has 2 rings (SSSR count). The van der Waals surface area contributed by atoms with Gasteiger partial charge in [0.1, 0.15) is 5.01 Å². The number of amides is 1. The van der Waals surface area contributed by atoms with Crippen LogP contribution in [0.15, 0.2) is 10.8 Å². The molecule has 90 valence electrons. The first-order valence-corrected chi connectivity index (χ1v) is 6.98. The summed E-state index contributed by atoms with van der Waals surface area (Å²) in [5.41, 5.74) is 1.83. The molecule has 0 unspecified atom stereocenters. The van der Waals surface area contributed by atoms with Crippen molar-refractivity contribution in [3.8, 4) is 0 Å². The van der Waals surface area contributed by atoms with Gasteiger partial charge < -0.3 is 5.32 Å². The zero-order valence-corrected chi connectivity index (χ0v) is 11.3. The Morgan fingerprint density at radius 3 is 2.71 bits per heavy atom. The van der Waals surface area contributed by atoms with Gasteiger partial charge in [0.2, 0.25) is 5.91 Å². The number of nitrogens with zero attached hydrogens (tertiary/aromatic N) is 2. The highest BCUT2D eigenvalue weighted by atomic mass is 32.1. The van der Waals surface area contributed by atoms with E-state index in [9.17, 15) is 4.79 Å². The Labute approximate surface area is 108 Å². The molecule has 0 aliphatic rings. The maximum Gasteiger partial charge on any atom is 0.226 e. The van der Waals surface area contributed by atoms with Gasteiger partial charge >= 0.3 is 0 Å². The van der Waals surface area contributed by atoms with E-state index in [0.717, 1.165) is 21.4 Å². The number of nitrogens with one attached hydrogen (secondary N) is 1. The minimum Gasteiger partial charge on any atom is -0.349 e. The van der Waals surface area contributed by atoms with E-state index in [-0.39, 0.29) is 5.91 Å². The lowest BCUT2D eigenvalue weighted by Crippen LogP contribution is -2.24. The Morgan fingerprint density at radius 1 is 1.29 bits per heavy atom. The van der Waals surface area contributed by atoms with E-state index in [1.807, 2.05) is 24.6 Å². The molecule has 0 saturated heterocycles. The molecule has 2 aromatic heterocycles. The number of carbonyl (C=O) groups excluding carboxylic acids is 1. The minimum atomic E-state index is -0.0110. The molecule has 0 bridgehead atoms. The quantitative estimate of drug-likeness (QED) is 0.922. The Bertz CT molecular complexity index is 518. The predicted octanol–water partition coefficient (Wildman–Crippen LogP) is 2.08. The fourth-order valence-electron chi connectivity index (χ4n) is 1.37. The van der Waals surface area contributed by atoms with Crippen molar-refractivity contribution in [2.24, 2.45) is 0 Å². The number of rotatable bonds is 4. The van der Waals surface area contributed by atoms with Crippen LogP contribution in [0.3, 0.4) is 0 Å². The van der Waals surface area contributed by atoms with Crippen molar-refractivity contribution in [3.05, 3.63) is 32.2 Å². The summed E-state index contributed by atoms with van der Waals surface area (Å²) in [6.07, 6.45) is 0.342. The van der Waals surface area contributed by atoms with Crippen molar-refractivity contribution in [2.75, 3.05) is 0 Å². The molecule has 1 amide bonds. The van der Waals surface area contributed by atoms with Crippen LogP contribution in [0.5, 0.6) is 0 Å². The van der Waals surface area contributed by atoms with Crippen LogP contribution >= 0.6 is 22.7 Å². The molecule has 0 radical (unpaired) electrons. The molecular weight excluding hydrogens is 254 g/mol. The van der Waals surface area contributed by atoms with E-state index in [2.05, 4.69) is 15.3 Å². The van der Waals surface area contributed by atoms with E-state index in [0.29, 0.717) is 13.0 Å². The molecule has 0 aromatic carbocycles. The van der Waals surface area contributed by atoms with Crippen LogP contribution in [0.1, 0.15) is 21.4 Å². The van der Waals surface area contributed by atoms with Crippen LogP contribution in [0.25, 0.3) is 0 Å². The number of hydrogen-bond acceptors (Lipinski definition) is 5. The Kier molecular flexibility index (Phi) is 3.86. The molecule has 2 aromatic rings. The van der Waals surface area contributed by atoms with Gasteiger partial charge in [0.15, 0.2) is 0 Å². The largest absolute Gasteiger partial charge is 0.349 e. The second-order valence-electron chi connectivity index (χ2n) is 3.69. The topological polar surface area (TPSA) is 54.9 Å². The van der Waals surface area contributed by atoms with Gasteiger partial charge in [-0.1, -0.05) is 0 Å². The predicted molar refractivity (Wildman–Crippen MR) is 69.3 cm³/mol. The molecule has 0 spiro atoms. The number of aryl methyl sites for hydroxylation is 2. The van der Waals surface area contributed by atoms with Crippen molar-refractivity contribution >= 4 is 28.6 Å². The second-order valence-corrected chi connectivity index (χ2v) is 5.70. The molecule has 4 nitrogen and oxygen atoms in total. The first-order valence-electron chi connectivity index (χ1n) is 5.22. The highest BCUT2D eigenvalue weighted by Crippen LogP contribution is 2.09. The van der Waals surface area contributed by atoms with Crippen LogP contribution in [0.4, 0.5) is 0 Å². The first-order chi connectivity index (χ1) is 8.13. The van der Waals surface area contributed by atoms with Gasteiger partial charge in [-0.3, -0.25) is 4.79 Å². The van der Waals surface area contributed by atoms with Crippen LogP contribution < -0.4 is 5.32 Å². The molecule has 0 aliphatic heterocycles. The molecule has 0 fully saturated rings. The fourth-order valence-corrected chi connectivity index (χ4v) is 2.70. The molecule has 2 heterocycles. The molecule has 0 aliphatic carbocycles. The van der Waals surface area contributed by atoms with Gasteiger partial charge in [-0.2, -0.15) is 0 Å². The van der Waals surface area contributed by atoms with Crippen LogP contribution in [0, 0.1) is 13.8 Å². The third-order valence-corrected chi connectivity index (χ3v) is 3.90. The van der Waals surface area contributed by atoms with E-state index >= 15 is 0 Å². The summed E-state index contributed by atoms with van der Waals surface area (Å²) < 4.78 is 0. The first kappa shape index (κ1) is 12.2.